The normalized spacial score (nSPS) is 16.5. The van der Waals surface area contributed by atoms with E-state index in [9.17, 15) is 0 Å². The third-order valence-electron chi connectivity index (χ3n) is 18.3. The SMILES string of the molecule is C1CCOC1.C1CCOC1.C1COCCOCCOCCOCCOCCO1.C1COCCOCCOCCOCCOCCO1.[K].[K].c1cc2ccc1-c1ccc(cc1)-c1ccc(cc1)-c1ccc(cc1)-c1ccc(cc1)-c1ccc(cc1)-c1ccc(cc1)-c1ccc(cc1)-c1ccc(cc1)-c1ccc-2cc1. The van der Waals surface area contributed by atoms with E-state index < -0.39 is 0 Å². The molecule has 16 heteroatoms. The van der Waals surface area contributed by atoms with Crippen molar-refractivity contribution in [3.05, 3.63) is 243 Å². The fraction of sp³-hybridized carbons (Fsp3) is 0.348. The van der Waals surface area contributed by atoms with E-state index in [2.05, 4.69) is 243 Å². The minimum Gasteiger partial charge on any atom is -0.381 e. The maximum absolute atomic E-state index is 5.33. The van der Waals surface area contributed by atoms with Crippen LogP contribution in [0.5, 0.6) is 0 Å². The second kappa shape index (κ2) is 52.3. The van der Waals surface area contributed by atoms with E-state index in [1.165, 1.54) is 137 Å². The Kier molecular flexibility index (Phi) is 42.0. The van der Waals surface area contributed by atoms with Crippen LogP contribution in [0, 0.1) is 0 Å². The molecule has 10 aromatic carbocycles. The number of rotatable bonds is 0. The van der Waals surface area contributed by atoms with E-state index >= 15 is 0 Å². The number of hydrogen-bond donors (Lipinski definition) is 0. The zero-order valence-corrected chi connectivity index (χ0v) is 69.7. The predicted octanol–water partition coefficient (Wildman–Crippen LogP) is 17.7. The van der Waals surface area contributed by atoms with Crippen LogP contribution in [-0.4, -0.2) is 288 Å². The molecule has 14 nitrogen and oxygen atoms in total. The van der Waals surface area contributed by atoms with E-state index in [1.54, 1.807) is 0 Å². The van der Waals surface area contributed by atoms with Crippen LogP contribution in [0.3, 0.4) is 0 Å². The van der Waals surface area contributed by atoms with Gasteiger partial charge >= 0.3 is 0 Å². The fourth-order valence-electron chi connectivity index (χ4n) is 12.2. The summed E-state index contributed by atoms with van der Waals surface area (Å²) in [6, 6.07) is 89.1. The van der Waals surface area contributed by atoms with Crippen molar-refractivity contribution >= 4 is 103 Å². The summed E-state index contributed by atoms with van der Waals surface area (Å²) in [6.45, 7) is 18.1. The molecule has 0 spiro atoms. The zero-order valence-electron chi connectivity index (χ0n) is 63.4. The minimum absolute atomic E-state index is 0. The van der Waals surface area contributed by atoms with Crippen molar-refractivity contribution in [3.63, 3.8) is 0 Å². The van der Waals surface area contributed by atoms with Gasteiger partial charge in [-0.3, -0.25) is 0 Å². The summed E-state index contributed by atoms with van der Waals surface area (Å²) in [5, 5.41) is 0. The number of hydrogen-bond acceptors (Lipinski definition) is 14. The van der Waals surface area contributed by atoms with Gasteiger partial charge in [-0.1, -0.05) is 243 Å². The molecule has 4 fully saturated rings. The van der Waals surface area contributed by atoms with Crippen molar-refractivity contribution < 1.29 is 66.3 Å². The van der Waals surface area contributed by atoms with Crippen molar-refractivity contribution in [1.82, 2.24) is 0 Å². The standard InChI is InChI=1S/C60H40.2C12H24O6.2C4H8O.2K/c1-2-42-4-3-41(1)43-5-7-45(8-6-43)47-13-15-49(16-14-47)51-21-23-53(24-22-51)55-29-31-57(32-30-55)59-37-39-60(40-38-59)58-35-33-56(34-36-58)54-27-25-52(26-28-54)50-19-17-48(18-20-50)46-11-9-44(42)10-12-46;2*1-2-14-5-6-16-9-10-18-12-11-17-8-7-15-4-3-13-1;2*1-2-4-5-3-1;;/h1-40H;2*1-12H2;2*1-4H2;;. The molecule has 20 bridgehead atoms. The van der Waals surface area contributed by atoms with Crippen molar-refractivity contribution in [1.29, 1.82) is 0 Å². The van der Waals surface area contributed by atoms with E-state index in [1.807, 2.05) is 0 Å². The molecule has 4 aliphatic heterocycles. The average molecular weight is 1510 g/mol. The van der Waals surface area contributed by atoms with Crippen molar-refractivity contribution in [2.75, 3.05) is 185 Å². The van der Waals surface area contributed by atoms with Gasteiger partial charge < -0.3 is 66.3 Å². The van der Waals surface area contributed by atoms with Gasteiger partial charge in [0.25, 0.3) is 0 Å². The van der Waals surface area contributed by atoms with Gasteiger partial charge in [-0.05, 0) is 137 Å². The Balaban J connectivity index is 0.000000227. The van der Waals surface area contributed by atoms with Crippen LogP contribution in [0.4, 0.5) is 0 Å². The van der Waals surface area contributed by atoms with E-state index in [0.717, 1.165) is 26.4 Å². The minimum atomic E-state index is 0. The molecular weight excluding hydrogens is 1410 g/mol. The molecule has 0 atom stereocenters. The first-order valence-electron chi connectivity index (χ1n) is 37.8. The largest absolute Gasteiger partial charge is 0.381 e. The third kappa shape index (κ3) is 30.8. The summed E-state index contributed by atoms with van der Waals surface area (Å²) in [5.41, 5.74) is 24.2. The molecular formula is C92H104K2O14. The van der Waals surface area contributed by atoms with Crippen molar-refractivity contribution in [2.45, 2.75) is 25.7 Å². The van der Waals surface area contributed by atoms with Gasteiger partial charge in [0.1, 0.15) is 0 Å². The Labute approximate surface area is 725 Å². The average Bonchev–Trinajstić information content (AvgIpc) is 0.910. The van der Waals surface area contributed by atoms with Gasteiger partial charge in [-0.2, -0.15) is 0 Å². The monoisotopic (exact) mass is 1510 g/mol. The van der Waals surface area contributed by atoms with Gasteiger partial charge in [0.2, 0.25) is 0 Å². The van der Waals surface area contributed by atoms with Gasteiger partial charge in [0.15, 0.2) is 0 Å². The molecule has 0 aromatic heterocycles. The molecule has 0 saturated carbocycles. The molecule has 0 N–H and O–H groups in total. The van der Waals surface area contributed by atoms with Crippen LogP contribution in [0.25, 0.3) is 111 Å². The zero-order chi connectivity index (χ0) is 72.4. The van der Waals surface area contributed by atoms with E-state index in [-0.39, 0.29) is 103 Å². The van der Waals surface area contributed by atoms with Gasteiger partial charge in [0, 0.05) is 129 Å². The Hall–Kier alpha value is -5.09. The summed E-state index contributed by atoms with van der Waals surface area (Å²) in [6.07, 6.45) is 5.11. The van der Waals surface area contributed by atoms with Crippen molar-refractivity contribution in [2.24, 2.45) is 0 Å². The molecule has 4 saturated heterocycles. The summed E-state index contributed by atoms with van der Waals surface area (Å²) >= 11 is 0. The summed E-state index contributed by atoms with van der Waals surface area (Å²) in [5.74, 6) is 0. The van der Waals surface area contributed by atoms with E-state index in [0.29, 0.717) is 159 Å². The van der Waals surface area contributed by atoms with Crippen LogP contribution in [0.15, 0.2) is 243 Å². The molecule has 32 aliphatic rings. The van der Waals surface area contributed by atoms with Crippen molar-refractivity contribution in [3.8, 4) is 111 Å². The van der Waals surface area contributed by atoms with Crippen LogP contribution in [-0.2, 0) is 66.3 Å². The third-order valence-corrected chi connectivity index (χ3v) is 18.3. The predicted molar refractivity (Wildman–Crippen MR) is 436 cm³/mol. The molecule has 0 unspecified atom stereocenters. The molecule has 558 valence electrons. The fourth-order valence-corrected chi connectivity index (χ4v) is 12.2. The molecule has 108 heavy (non-hydrogen) atoms. The Morgan fingerprint density at radius 1 is 0.0926 bits per heavy atom. The second-order valence-electron chi connectivity index (χ2n) is 25.8. The van der Waals surface area contributed by atoms with Gasteiger partial charge in [-0.25, -0.2) is 0 Å². The Morgan fingerprint density at radius 2 is 0.148 bits per heavy atom. The maximum Gasteiger partial charge on any atom is 0.0701 e. The second-order valence-corrected chi connectivity index (χ2v) is 25.8. The Morgan fingerprint density at radius 3 is 0.194 bits per heavy atom. The quantitative estimate of drug-likeness (QED) is 0.134. The number of benzene rings is 10. The molecule has 4 heterocycles. The summed E-state index contributed by atoms with van der Waals surface area (Å²) in [7, 11) is 0. The maximum atomic E-state index is 5.33. The molecule has 42 rings (SSSR count). The van der Waals surface area contributed by atoms with Crippen LogP contribution < -0.4 is 0 Å². The van der Waals surface area contributed by atoms with E-state index in [4.69, 9.17) is 66.3 Å². The topological polar surface area (TPSA) is 129 Å². The van der Waals surface area contributed by atoms with Crippen LogP contribution in [0.2, 0.25) is 0 Å². The molecule has 28 aliphatic carbocycles. The smallest absolute Gasteiger partial charge is 0.0701 e. The van der Waals surface area contributed by atoms with Crippen LogP contribution in [0.1, 0.15) is 25.7 Å². The van der Waals surface area contributed by atoms with Gasteiger partial charge in [0.05, 0.1) is 159 Å². The van der Waals surface area contributed by atoms with Gasteiger partial charge in [-0.15, -0.1) is 0 Å². The molecule has 2 radical (unpaired) electrons. The first kappa shape index (κ1) is 86.9. The molecule has 0 amide bonds. The molecule has 10 aromatic rings. The number of ether oxygens (including phenoxy) is 14. The Bertz CT molecular complexity index is 2830. The van der Waals surface area contributed by atoms with Crippen LogP contribution >= 0.6 is 0 Å². The first-order valence-corrected chi connectivity index (χ1v) is 37.8. The summed E-state index contributed by atoms with van der Waals surface area (Å²) < 4.78 is 73.8. The summed E-state index contributed by atoms with van der Waals surface area (Å²) in [4.78, 5) is 0. The first-order chi connectivity index (χ1) is 52.7.